The molecule has 0 saturated heterocycles. The highest BCUT2D eigenvalue weighted by Gasteiger charge is 2.10. The molecule has 1 radical (unpaired) electrons. The molecule has 8 heavy (non-hydrogen) atoms. The predicted octanol–water partition coefficient (Wildman–Crippen LogP) is 1.48. The van der Waals surface area contributed by atoms with Gasteiger partial charge in [0.1, 0.15) is 0 Å². The molecule has 2 N–H and O–H groups in total. The lowest BCUT2D eigenvalue weighted by Crippen LogP contribution is -2.14. The largest absolute Gasteiger partial charge is 0.330 e. The molecule has 0 aliphatic heterocycles. The van der Waals surface area contributed by atoms with Crippen LogP contribution in [0.3, 0.4) is 0 Å². The van der Waals surface area contributed by atoms with E-state index in [0.717, 1.165) is 6.54 Å². The number of hydrogen-bond donors (Lipinski definition) is 1. The lowest BCUT2D eigenvalue weighted by Gasteiger charge is -2.18. The van der Waals surface area contributed by atoms with Gasteiger partial charge >= 0.3 is 0 Å². The molecule has 1 fully saturated rings. The molecule has 0 spiro atoms. The molecule has 1 nitrogen and oxygen atoms in total. The van der Waals surface area contributed by atoms with Gasteiger partial charge in [0.2, 0.25) is 0 Å². The van der Waals surface area contributed by atoms with Crippen molar-refractivity contribution in [3.63, 3.8) is 0 Å². The second-order valence-corrected chi connectivity index (χ2v) is 2.51. The SMILES string of the molecule is NC[C]1CCCCC1. The van der Waals surface area contributed by atoms with Gasteiger partial charge in [0, 0.05) is 0 Å². The number of hydrogen-bond acceptors (Lipinski definition) is 1. The Morgan fingerprint density at radius 2 is 1.75 bits per heavy atom. The molecule has 1 heteroatoms. The van der Waals surface area contributed by atoms with Gasteiger partial charge in [-0.3, -0.25) is 0 Å². The van der Waals surface area contributed by atoms with E-state index in [-0.39, 0.29) is 0 Å². The summed E-state index contributed by atoms with van der Waals surface area (Å²) in [5, 5.41) is 0. The summed E-state index contributed by atoms with van der Waals surface area (Å²) in [5.41, 5.74) is 5.47. The van der Waals surface area contributed by atoms with Crippen LogP contribution in [-0.2, 0) is 0 Å². The Hall–Kier alpha value is -0.0400. The van der Waals surface area contributed by atoms with E-state index in [1.165, 1.54) is 32.1 Å². The summed E-state index contributed by atoms with van der Waals surface area (Å²) >= 11 is 0. The molecule has 47 valence electrons. The monoisotopic (exact) mass is 112 g/mol. The molecule has 1 aliphatic rings. The Morgan fingerprint density at radius 3 is 2.12 bits per heavy atom. The minimum Gasteiger partial charge on any atom is -0.330 e. The fourth-order valence-corrected chi connectivity index (χ4v) is 1.26. The summed E-state index contributed by atoms with van der Waals surface area (Å²) in [7, 11) is 0. The van der Waals surface area contributed by atoms with E-state index < -0.39 is 0 Å². The zero-order valence-electron chi connectivity index (χ0n) is 5.32. The summed E-state index contributed by atoms with van der Waals surface area (Å²) in [6.45, 7) is 0.833. The van der Waals surface area contributed by atoms with Crippen molar-refractivity contribution in [2.24, 2.45) is 5.73 Å². The van der Waals surface area contributed by atoms with Crippen LogP contribution in [0.4, 0.5) is 0 Å². The lowest BCUT2D eigenvalue weighted by molar-refractivity contribution is 0.525. The first-order chi connectivity index (χ1) is 3.93. The standard InChI is InChI=1S/C7H14N/c8-6-7-4-2-1-3-5-7/h1-6,8H2. The molecule has 1 aliphatic carbocycles. The molecular weight excluding hydrogens is 98.1 g/mol. The third kappa shape index (κ3) is 1.48. The molecule has 1 rings (SSSR count). The van der Waals surface area contributed by atoms with Crippen LogP contribution in [0.25, 0.3) is 0 Å². The lowest BCUT2D eigenvalue weighted by atomic mass is 9.90. The maximum atomic E-state index is 5.47. The Balaban J connectivity index is 2.13. The number of rotatable bonds is 1. The molecule has 0 bridgehead atoms. The molecule has 0 aromatic rings. The van der Waals surface area contributed by atoms with E-state index in [0.29, 0.717) is 0 Å². The highest BCUT2D eigenvalue weighted by molar-refractivity contribution is 4.92. The van der Waals surface area contributed by atoms with Crippen molar-refractivity contribution in [2.75, 3.05) is 6.54 Å². The minimum atomic E-state index is 0.833. The fourth-order valence-electron chi connectivity index (χ4n) is 1.26. The molecule has 0 atom stereocenters. The molecule has 0 aromatic heterocycles. The third-order valence-corrected chi connectivity index (χ3v) is 1.85. The maximum absolute atomic E-state index is 5.47. The van der Waals surface area contributed by atoms with E-state index in [4.69, 9.17) is 5.73 Å². The van der Waals surface area contributed by atoms with E-state index in [1.54, 1.807) is 5.92 Å². The van der Waals surface area contributed by atoms with Crippen molar-refractivity contribution >= 4 is 0 Å². The van der Waals surface area contributed by atoms with Crippen LogP contribution in [-0.4, -0.2) is 6.54 Å². The van der Waals surface area contributed by atoms with Gasteiger partial charge in [-0.25, -0.2) is 0 Å². The van der Waals surface area contributed by atoms with Crippen LogP contribution >= 0.6 is 0 Å². The Labute approximate surface area is 51.3 Å². The summed E-state index contributed by atoms with van der Waals surface area (Å²) in [4.78, 5) is 0. The Kier molecular flexibility index (Phi) is 2.34. The van der Waals surface area contributed by atoms with Crippen molar-refractivity contribution in [3.05, 3.63) is 5.92 Å². The van der Waals surface area contributed by atoms with Crippen LogP contribution in [0.1, 0.15) is 32.1 Å². The normalized spacial score (nSPS) is 23.6. The molecule has 0 unspecified atom stereocenters. The Morgan fingerprint density at radius 1 is 1.12 bits per heavy atom. The second-order valence-electron chi connectivity index (χ2n) is 2.51. The van der Waals surface area contributed by atoms with Gasteiger partial charge in [0.05, 0.1) is 0 Å². The van der Waals surface area contributed by atoms with Crippen molar-refractivity contribution in [1.29, 1.82) is 0 Å². The van der Waals surface area contributed by atoms with E-state index in [2.05, 4.69) is 0 Å². The van der Waals surface area contributed by atoms with Gasteiger partial charge < -0.3 is 5.73 Å². The van der Waals surface area contributed by atoms with E-state index in [1.807, 2.05) is 0 Å². The highest BCUT2D eigenvalue weighted by atomic mass is 14.5. The first kappa shape index (κ1) is 6.09. The summed E-state index contributed by atoms with van der Waals surface area (Å²) < 4.78 is 0. The third-order valence-electron chi connectivity index (χ3n) is 1.85. The minimum absolute atomic E-state index is 0.833. The van der Waals surface area contributed by atoms with Crippen molar-refractivity contribution in [1.82, 2.24) is 0 Å². The molecule has 0 aromatic carbocycles. The average Bonchev–Trinajstić information content (AvgIpc) is 1.90. The quantitative estimate of drug-likeness (QED) is 0.546. The van der Waals surface area contributed by atoms with Crippen molar-refractivity contribution in [2.45, 2.75) is 32.1 Å². The smallest absolute Gasteiger partial charge is 0.00147 e. The van der Waals surface area contributed by atoms with Gasteiger partial charge in [-0.1, -0.05) is 19.3 Å². The summed E-state index contributed by atoms with van der Waals surface area (Å²) in [6, 6.07) is 0. The van der Waals surface area contributed by atoms with Gasteiger partial charge in [-0.05, 0) is 25.3 Å². The summed E-state index contributed by atoms with van der Waals surface area (Å²) in [5.74, 6) is 1.58. The highest BCUT2D eigenvalue weighted by Crippen LogP contribution is 2.23. The average molecular weight is 112 g/mol. The second kappa shape index (κ2) is 3.08. The van der Waals surface area contributed by atoms with Gasteiger partial charge in [-0.15, -0.1) is 0 Å². The zero-order chi connectivity index (χ0) is 5.82. The summed E-state index contributed by atoms with van der Waals surface area (Å²) in [6.07, 6.45) is 6.79. The van der Waals surface area contributed by atoms with Crippen molar-refractivity contribution in [3.8, 4) is 0 Å². The van der Waals surface area contributed by atoms with Crippen LogP contribution in [0.2, 0.25) is 0 Å². The van der Waals surface area contributed by atoms with Crippen LogP contribution < -0.4 is 5.73 Å². The topological polar surface area (TPSA) is 26.0 Å². The van der Waals surface area contributed by atoms with Crippen LogP contribution in [0, 0.1) is 5.92 Å². The van der Waals surface area contributed by atoms with Gasteiger partial charge in [0.15, 0.2) is 0 Å². The van der Waals surface area contributed by atoms with Crippen molar-refractivity contribution < 1.29 is 0 Å². The van der Waals surface area contributed by atoms with Gasteiger partial charge in [0.25, 0.3) is 0 Å². The van der Waals surface area contributed by atoms with E-state index >= 15 is 0 Å². The number of nitrogens with two attached hydrogens (primary N) is 1. The Bertz CT molecular complexity index is 55.4. The van der Waals surface area contributed by atoms with Crippen LogP contribution in [0.5, 0.6) is 0 Å². The first-order valence-electron chi connectivity index (χ1n) is 3.47. The van der Waals surface area contributed by atoms with E-state index in [9.17, 15) is 0 Å². The van der Waals surface area contributed by atoms with Gasteiger partial charge in [-0.2, -0.15) is 0 Å². The molecule has 0 heterocycles. The predicted molar refractivity (Wildman–Crippen MR) is 35.4 cm³/mol. The maximum Gasteiger partial charge on any atom is -0.00147 e. The zero-order valence-corrected chi connectivity index (χ0v) is 5.32. The first-order valence-corrected chi connectivity index (χ1v) is 3.47. The molecule has 0 amide bonds. The molecular formula is C7H14N. The fraction of sp³-hybridized carbons (Fsp3) is 0.857. The molecule has 1 saturated carbocycles. The van der Waals surface area contributed by atoms with Crippen LogP contribution in [0.15, 0.2) is 0 Å².